The number of aldehydes is 1. The number of esters is 1. The van der Waals surface area contributed by atoms with Crippen molar-refractivity contribution in [3.8, 4) is 0 Å². The van der Waals surface area contributed by atoms with Gasteiger partial charge in [0, 0.05) is 0 Å². The van der Waals surface area contributed by atoms with Gasteiger partial charge in [-0.3, -0.25) is 0 Å². The molecule has 0 heterocycles. The molecule has 0 bridgehead atoms. The molecule has 0 amide bonds. The van der Waals surface area contributed by atoms with Gasteiger partial charge in [0.15, 0.2) is 12.4 Å². The van der Waals surface area contributed by atoms with Crippen LogP contribution in [0.15, 0.2) is 0 Å². The van der Waals surface area contributed by atoms with Crippen LogP contribution in [0.2, 0.25) is 0 Å². The van der Waals surface area contributed by atoms with Crippen LogP contribution in [0.5, 0.6) is 0 Å². The highest BCUT2D eigenvalue weighted by atomic mass is 16.5. The Kier molecular flexibility index (Phi) is 4.42. The average Bonchev–Trinajstić information content (AvgIpc) is 2.12. The molecule has 0 spiro atoms. The first-order valence-electron chi connectivity index (χ1n) is 3.12. The standard InChI is InChI=1S/C6H10O6/c1-12-6(11)5(10)4(9)3(8)2-7/h2-5,8-10H,1H3/t3-,4-,5-/m0/s1. The zero-order chi connectivity index (χ0) is 9.72. The smallest absolute Gasteiger partial charge is 0.337 e. The topological polar surface area (TPSA) is 104 Å². The highest BCUT2D eigenvalue weighted by molar-refractivity contribution is 5.76. The molecule has 0 aliphatic heterocycles. The second-order valence-electron chi connectivity index (χ2n) is 2.09. The molecule has 6 heteroatoms. The number of carbonyl (C=O) groups is 2. The number of ether oxygens (including phenoxy) is 1. The number of hydrogen-bond donors (Lipinski definition) is 3. The van der Waals surface area contributed by atoms with Crippen molar-refractivity contribution in [2.75, 3.05) is 7.11 Å². The second-order valence-corrected chi connectivity index (χ2v) is 2.09. The zero-order valence-electron chi connectivity index (χ0n) is 6.38. The predicted molar refractivity (Wildman–Crippen MR) is 36.1 cm³/mol. The SMILES string of the molecule is COC(=O)[C@@H](O)[C@@H](O)[C@@H](O)C=O. The maximum Gasteiger partial charge on any atom is 0.337 e. The first kappa shape index (κ1) is 11.0. The third kappa shape index (κ3) is 2.57. The van der Waals surface area contributed by atoms with Crippen molar-refractivity contribution < 1.29 is 29.6 Å². The summed E-state index contributed by atoms with van der Waals surface area (Å²) in [5.41, 5.74) is 0. The predicted octanol–water partition coefficient (Wildman–Crippen LogP) is -2.56. The molecule has 3 N–H and O–H groups in total. The van der Waals surface area contributed by atoms with Crippen LogP contribution < -0.4 is 0 Å². The van der Waals surface area contributed by atoms with Gasteiger partial charge in [0.2, 0.25) is 0 Å². The molecule has 0 fully saturated rings. The van der Waals surface area contributed by atoms with Crippen LogP contribution in [0.25, 0.3) is 0 Å². The second kappa shape index (κ2) is 4.81. The lowest BCUT2D eigenvalue weighted by Crippen LogP contribution is -2.43. The minimum atomic E-state index is -1.91. The van der Waals surface area contributed by atoms with E-state index < -0.39 is 24.3 Å². The molecule has 0 rings (SSSR count). The molecule has 0 aliphatic rings. The number of aliphatic hydroxyl groups is 3. The maximum atomic E-state index is 10.5. The van der Waals surface area contributed by atoms with Crippen LogP contribution in [0.1, 0.15) is 0 Å². The van der Waals surface area contributed by atoms with Crippen LogP contribution in [-0.4, -0.2) is 53.0 Å². The van der Waals surface area contributed by atoms with Gasteiger partial charge in [0.25, 0.3) is 0 Å². The van der Waals surface area contributed by atoms with Gasteiger partial charge >= 0.3 is 5.97 Å². The van der Waals surface area contributed by atoms with Crippen molar-refractivity contribution in [1.82, 2.24) is 0 Å². The first-order chi connectivity index (χ1) is 5.54. The summed E-state index contributed by atoms with van der Waals surface area (Å²) in [5.74, 6) is -1.11. The Bertz CT molecular complexity index is 167. The molecular weight excluding hydrogens is 168 g/mol. The van der Waals surface area contributed by atoms with E-state index in [4.69, 9.17) is 15.3 Å². The van der Waals surface area contributed by atoms with Gasteiger partial charge in [-0.25, -0.2) is 4.79 Å². The molecule has 0 aliphatic carbocycles. The zero-order valence-corrected chi connectivity index (χ0v) is 6.38. The molecule has 0 aromatic heterocycles. The fourth-order valence-corrected chi connectivity index (χ4v) is 0.527. The van der Waals surface area contributed by atoms with E-state index in [0.29, 0.717) is 0 Å². The highest BCUT2D eigenvalue weighted by Crippen LogP contribution is 1.99. The lowest BCUT2D eigenvalue weighted by atomic mass is 10.1. The molecule has 12 heavy (non-hydrogen) atoms. The number of hydrogen-bond acceptors (Lipinski definition) is 6. The monoisotopic (exact) mass is 178 g/mol. The summed E-state index contributed by atoms with van der Waals surface area (Å²) in [5, 5.41) is 26.4. The summed E-state index contributed by atoms with van der Waals surface area (Å²) >= 11 is 0. The van der Waals surface area contributed by atoms with Gasteiger partial charge in [-0.2, -0.15) is 0 Å². The Labute approximate surface area is 68.4 Å². The van der Waals surface area contributed by atoms with Crippen molar-refractivity contribution in [1.29, 1.82) is 0 Å². The minimum Gasteiger partial charge on any atom is -0.467 e. The number of rotatable bonds is 4. The molecule has 0 saturated heterocycles. The molecular formula is C6H10O6. The third-order valence-corrected chi connectivity index (χ3v) is 1.26. The van der Waals surface area contributed by atoms with Crippen LogP contribution >= 0.6 is 0 Å². The summed E-state index contributed by atoms with van der Waals surface area (Å²) in [6.07, 6.45) is -5.54. The fraction of sp³-hybridized carbons (Fsp3) is 0.667. The molecule has 6 nitrogen and oxygen atoms in total. The maximum absolute atomic E-state index is 10.5. The third-order valence-electron chi connectivity index (χ3n) is 1.26. The molecule has 3 atom stereocenters. The van der Waals surface area contributed by atoms with Crippen molar-refractivity contribution in [3.05, 3.63) is 0 Å². The first-order valence-corrected chi connectivity index (χ1v) is 3.12. The largest absolute Gasteiger partial charge is 0.467 e. The van der Waals surface area contributed by atoms with Crippen LogP contribution in [0, 0.1) is 0 Å². The van der Waals surface area contributed by atoms with Gasteiger partial charge in [0.05, 0.1) is 7.11 Å². The number of aliphatic hydroxyl groups excluding tert-OH is 3. The van der Waals surface area contributed by atoms with Crippen molar-refractivity contribution >= 4 is 12.3 Å². The van der Waals surface area contributed by atoms with Gasteiger partial charge in [-0.1, -0.05) is 0 Å². The molecule has 0 aromatic carbocycles. The van der Waals surface area contributed by atoms with E-state index in [-0.39, 0.29) is 6.29 Å². The number of carbonyl (C=O) groups excluding carboxylic acids is 2. The summed E-state index contributed by atoms with van der Waals surface area (Å²) in [7, 11) is 1.01. The van der Waals surface area contributed by atoms with Crippen LogP contribution in [-0.2, 0) is 14.3 Å². The van der Waals surface area contributed by atoms with Crippen molar-refractivity contribution in [2.24, 2.45) is 0 Å². The molecule has 0 saturated carbocycles. The normalized spacial score (nSPS) is 17.7. The quantitative estimate of drug-likeness (QED) is 0.323. The van der Waals surface area contributed by atoms with E-state index >= 15 is 0 Å². The van der Waals surface area contributed by atoms with Crippen molar-refractivity contribution in [2.45, 2.75) is 18.3 Å². The Balaban J connectivity index is 4.17. The van der Waals surface area contributed by atoms with Gasteiger partial charge in [-0.15, -0.1) is 0 Å². The van der Waals surface area contributed by atoms with Gasteiger partial charge in [0.1, 0.15) is 12.2 Å². The summed E-state index contributed by atoms with van der Waals surface area (Å²) in [6.45, 7) is 0. The molecule has 0 unspecified atom stereocenters. The summed E-state index contributed by atoms with van der Waals surface area (Å²) in [4.78, 5) is 20.4. The van der Waals surface area contributed by atoms with Gasteiger partial charge in [-0.05, 0) is 0 Å². The van der Waals surface area contributed by atoms with E-state index in [1.54, 1.807) is 0 Å². The molecule has 0 aromatic rings. The Morgan fingerprint density at radius 3 is 2.25 bits per heavy atom. The van der Waals surface area contributed by atoms with E-state index in [1.165, 1.54) is 0 Å². The summed E-state index contributed by atoms with van der Waals surface area (Å²) in [6, 6.07) is 0. The van der Waals surface area contributed by atoms with Crippen LogP contribution in [0.3, 0.4) is 0 Å². The van der Waals surface area contributed by atoms with Crippen molar-refractivity contribution in [3.63, 3.8) is 0 Å². The lowest BCUT2D eigenvalue weighted by Gasteiger charge is -2.16. The Morgan fingerprint density at radius 2 is 1.92 bits per heavy atom. The van der Waals surface area contributed by atoms with E-state index in [1.807, 2.05) is 0 Å². The highest BCUT2D eigenvalue weighted by Gasteiger charge is 2.30. The molecule has 70 valence electrons. The summed E-state index contributed by atoms with van der Waals surface area (Å²) < 4.78 is 4.05. The van der Waals surface area contributed by atoms with E-state index in [9.17, 15) is 9.59 Å². The fourth-order valence-electron chi connectivity index (χ4n) is 0.527. The Hall–Kier alpha value is -0.980. The average molecular weight is 178 g/mol. The molecule has 0 radical (unpaired) electrons. The van der Waals surface area contributed by atoms with Crippen LogP contribution in [0.4, 0.5) is 0 Å². The lowest BCUT2D eigenvalue weighted by molar-refractivity contribution is -0.161. The Morgan fingerprint density at radius 1 is 1.42 bits per heavy atom. The number of methoxy groups -OCH3 is 1. The van der Waals surface area contributed by atoms with E-state index in [2.05, 4.69) is 4.74 Å². The van der Waals surface area contributed by atoms with E-state index in [0.717, 1.165) is 7.11 Å². The minimum absolute atomic E-state index is 0.0107. The van der Waals surface area contributed by atoms with Gasteiger partial charge < -0.3 is 24.9 Å².